The number of rotatable bonds is 8. The van der Waals surface area contributed by atoms with E-state index in [0.717, 1.165) is 53.8 Å². The van der Waals surface area contributed by atoms with Crippen molar-refractivity contribution in [2.75, 3.05) is 13.2 Å². The third-order valence-corrected chi connectivity index (χ3v) is 5.91. The van der Waals surface area contributed by atoms with E-state index in [4.69, 9.17) is 14.5 Å². The molecule has 1 N–H and O–H groups in total. The van der Waals surface area contributed by atoms with Gasteiger partial charge in [0.05, 0.1) is 24.2 Å². The number of aromatic nitrogens is 2. The monoisotopic (exact) mass is 429 g/mol. The number of para-hydroxylation sites is 2. The second-order valence-corrected chi connectivity index (χ2v) is 8.07. The van der Waals surface area contributed by atoms with Gasteiger partial charge in [-0.3, -0.25) is 4.79 Å². The maximum absolute atomic E-state index is 12.4. The molecule has 1 aromatic heterocycles. The summed E-state index contributed by atoms with van der Waals surface area (Å²) in [6.45, 7) is 2.41. The summed E-state index contributed by atoms with van der Waals surface area (Å²) in [7, 11) is 0. The van der Waals surface area contributed by atoms with Crippen LogP contribution >= 0.6 is 0 Å². The Bertz CT molecular complexity index is 1220. The molecule has 0 saturated carbocycles. The zero-order valence-electron chi connectivity index (χ0n) is 18.0. The molecule has 0 aliphatic carbocycles. The van der Waals surface area contributed by atoms with Crippen LogP contribution in [-0.2, 0) is 22.6 Å². The molecule has 0 bridgehead atoms. The minimum Gasteiger partial charge on any atom is -0.493 e. The molecule has 32 heavy (non-hydrogen) atoms. The zero-order chi connectivity index (χ0) is 21.8. The van der Waals surface area contributed by atoms with Crippen LogP contribution in [0.5, 0.6) is 5.75 Å². The van der Waals surface area contributed by atoms with Gasteiger partial charge >= 0.3 is 0 Å². The highest BCUT2D eigenvalue weighted by Gasteiger charge is 2.23. The number of nitrogens with one attached hydrogen (secondary N) is 1. The SMILES string of the molecule is O=C(NCc1nc2ccccc2n1CCCOc1cccc2ccccc12)C1CCCO1. The van der Waals surface area contributed by atoms with E-state index >= 15 is 0 Å². The van der Waals surface area contributed by atoms with Crippen LogP contribution < -0.4 is 10.1 Å². The minimum atomic E-state index is -0.332. The Morgan fingerprint density at radius 2 is 1.94 bits per heavy atom. The summed E-state index contributed by atoms with van der Waals surface area (Å²) in [6.07, 6.45) is 2.22. The average Bonchev–Trinajstić information content (AvgIpc) is 3.49. The third-order valence-electron chi connectivity index (χ3n) is 5.91. The van der Waals surface area contributed by atoms with Gasteiger partial charge in [0.2, 0.25) is 5.91 Å². The van der Waals surface area contributed by atoms with Crippen molar-refractivity contribution in [3.05, 3.63) is 72.6 Å². The lowest BCUT2D eigenvalue weighted by Gasteiger charge is -2.13. The van der Waals surface area contributed by atoms with E-state index in [0.29, 0.717) is 19.8 Å². The van der Waals surface area contributed by atoms with E-state index in [-0.39, 0.29) is 12.0 Å². The van der Waals surface area contributed by atoms with Gasteiger partial charge in [-0.2, -0.15) is 0 Å². The fraction of sp³-hybridized carbons (Fsp3) is 0.308. The van der Waals surface area contributed by atoms with Gasteiger partial charge in [-0.25, -0.2) is 4.98 Å². The average molecular weight is 430 g/mol. The maximum atomic E-state index is 12.4. The van der Waals surface area contributed by atoms with Crippen molar-refractivity contribution in [1.29, 1.82) is 0 Å². The summed E-state index contributed by atoms with van der Waals surface area (Å²) in [5, 5.41) is 5.30. The first-order valence-corrected chi connectivity index (χ1v) is 11.2. The summed E-state index contributed by atoms with van der Waals surface area (Å²) >= 11 is 0. The first-order chi connectivity index (χ1) is 15.8. The van der Waals surface area contributed by atoms with Crippen molar-refractivity contribution >= 4 is 27.7 Å². The van der Waals surface area contributed by atoms with Crippen LogP contribution in [0.1, 0.15) is 25.1 Å². The predicted molar refractivity (Wildman–Crippen MR) is 125 cm³/mol. The van der Waals surface area contributed by atoms with Crippen LogP contribution in [0.25, 0.3) is 21.8 Å². The number of hydrogen-bond donors (Lipinski definition) is 1. The summed E-state index contributed by atoms with van der Waals surface area (Å²) in [5.41, 5.74) is 2.00. The summed E-state index contributed by atoms with van der Waals surface area (Å²) in [5.74, 6) is 1.70. The molecule has 4 aromatic rings. The van der Waals surface area contributed by atoms with Crippen LogP contribution in [0.15, 0.2) is 66.7 Å². The largest absolute Gasteiger partial charge is 0.493 e. The molecule has 6 heteroatoms. The van der Waals surface area contributed by atoms with Crippen LogP contribution in [0, 0.1) is 0 Å². The molecule has 1 amide bonds. The van der Waals surface area contributed by atoms with Gasteiger partial charge in [0.15, 0.2) is 0 Å². The minimum absolute atomic E-state index is 0.0552. The van der Waals surface area contributed by atoms with Gasteiger partial charge in [0.1, 0.15) is 17.7 Å². The first-order valence-electron chi connectivity index (χ1n) is 11.2. The highest BCUT2D eigenvalue weighted by molar-refractivity contribution is 5.88. The number of fused-ring (bicyclic) bond motifs is 2. The molecule has 0 spiro atoms. The number of ether oxygens (including phenoxy) is 2. The number of carbonyl (C=O) groups is 1. The van der Waals surface area contributed by atoms with Gasteiger partial charge in [0.25, 0.3) is 0 Å². The molecular formula is C26H27N3O3. The van der Waals surface area contributed by atoms with Gasteiger partial charge in [-0.15, -0.1) is 0 Å². The van der Waals surface area contributed by atoms with Crippen LogP contribution in [-0.4, -0.2) is 34.8 Å². The Morgan fingerprint density at radius 1 is 1.09 bits per heavy atom. The molecule has 1 atom stereocenters. The lowest BCUT2D eigenvalue weighted by Crippen LogP contribution is -2.34. The van der Waals surface area contributed by atoms with Crippen LogP contribution in [0.2, 0.25) is 0 Å². The van der Waals surface area contributed by atoms with Crippen molar-refractivity contribution in [2.45, 2.75) is 38.5 Å². The summed E-state index contributed by atoms with van der Waals surface area (Å²) < 4.78 is 13.8. The van der Waals surface area contributed by atoms with Gasteiger partial charge in [-0.05, 0) is 42.8 Å². The molecule has 1 aliphatic rings. The Morgan fingerprint density at radius 3 is 2.84 bits per heavy atom. The highest BCUT2D eigenvalue weighted by atomic mass is 16.5. The molecule has 6 nitrogen and oxygen atoms in total. The number of amides is 1. The number of hydrogen-bond acceptors (Lipinski definition) is 4. The Kier molecular flexibility index (Phi) is 6.03. The van der Waals surface area contributed by atoms with E-state index in [1.807, 2.05) is 42.5 Å². The third kappa shape index (κ3) is 4.32. The molecule has 3 aromatic carbocycles. The van der Waals surface area contributed by atoms with Gasteiger partial charge in [0, 0.05) is 18.5 Å². The van der Waals surface area contributed by atoms with Gasteiger partial charge < -0.3 is 19.4 Å². The van der Waals surface area contributed by atoms with Crippen LogP contribution in [0.4, 0.5) is 0 Å². The number of imidazole rings is 1. The highest BCUT2D eigenvalue weighted by Crippen LogP contribution is 2.25. The molecular weight excluding hydrogens is 402 g/mol. The standard InChI is InChI=1S/C26H27N3O3/c30-26(24-14-6-16-32-24)27-18-25-28-21-11-3-4-12-22(21)29(25)15-7-17-31-23-13-5-9-19-8-1-2-10-20(19)23/h1-5,8-13,24H,6-7,14-18H2,(H,27,30). The second-order valence-electron chi connectivity index (χ2n) is 8.07. The molecule has 1 unspecified atom stereocenters. The fourth-order valence-corrected chi connectivity index (χ4v) is 4.30. The lowest BCUT2D eigenvalue weighted by atomic mass is 10.1. The number of aryl methyl sites for hydroxylation is 1. The number of benzene rings is 3. The first kappa shape index (κ1) is 20.5. The van der Waals surface area contributed by atoms with Crippen LogP contribution in [0.3, 0.4) is 0 Å². The van der Waals surface area contributed by atoms with E-state index in [1.54, 1.807) is 0 Å². The fourth-order valence-electron chi connectivity index (χ4n) is 4.30. The number of nitrogens with zero attached hydrogens (tertiary/aromatic N) is 2. The zero-order valence-corrected chi connectivity index (χ0v) is 18.0. The molecule has 1 aliphatic heterocycles. The van der Waals surface area contributed by atoms with Crippen molar-refractivity contribution < 1.29 is 14.3 Å². The predicted octanol–water partition coefficient (Wildman–Crippen LogP) is 4.45. The Balaban J connectivity index is 1.25. The Labute approximate surface area is 187 Å². The van der Waals surface area contributed by atoms with Gasteiger partial charge in [-0.1, -0.05) is 48.5 Å². The lowest BCUT2D eigenvalue weighted by molar-refractivity contribution is -0.130. The smallest absolute Gasteiger partial charge is 0.249 e. The Hall–Kier alpha value is -3.38. The molecule has 164 valence electrons. The van der Waals surface area contributed by atoms with E-state index in [9.17, 15) is 4.79 Å². The normalized spacial score (nSPS) is 15.9. The van der Waals surface area contributed by atoms with Crippen molar-refractivity contribution in [3.8, 4) is 5.75 Å². The maximum Gasteiger partial charge on any atom is 0.249 e. The molecule has 1 fully saturated rings. The van der Waals surface area contributed by atoms with E-state index in [1.165, 1.54) is 5.39 Å². The van der Waals surface area contributed by atoms with Crippen molar-refractivity contribution in [3.63, 3.8) is 0 Å². The molecule has 1 saturated heterocycles. The van der Waals surface area contributed by atoms with Crippen molar-refractivity contribution in [1.82, 2.24) is 14.9 Å². The molecule has 5 rings (SSSR count). The summed E-state index contributed by atoms with van der Waals surface area (Å²) in [4.78, 5) is 17.1. The number of carbonyl (C=O) groups excluding carboxylic acids is 1. The van der Waals surface area contributed by atoms with E-state index < -0.39 is 0 Å². The van der Waals surface area contributed by atoms with E-state index in [2.05, 4.69) is 34.1 Å². The quantitative estimate of drug-likeness (QED) is 0.420. The second kappa shape index (κ2) is 9.40. The van der Waals surface area contributed by atoms with Crippen molar-refractivity contribution in [2.24, 2.45) is 0 Å². The topological polar surface area (TPSA) is 65.4 Å². The molecule has 0 radical (unpaired) electrons. The summed E-state index contributed by atoms with van der Waals surface area (Å²) in [6, 6.07) is 22.5. The molecule has 2 heterocycles.